The molecular formula is C25H19F4N2NaO5S. The second kappa shape index (κ2) is 11.3. The number of hydrogen-bond acceptors (Lipinski definition) is 5. The number of fused-ring (bicyclic) bond motifs is 1. The second-order valence-corrected chi connectivity index (χ2v) is 9.81. The molecule has 1 aromatic heterocycles. The first-order valence-corrected chi connectivity index (χ1v) is 12.1. The predicted octanol–water partition coefficient (Wildman–Crippen LogP) is 2.79. The van der Waals surface area contributed by atoms with Crippen LogP contribution in [0.1, 0.15) is 22.9 Å². The number of alkyl halides is 3. The number of anilines is 1. The van der Waals surface area contributed by atoms with Gasteiger partial charge in [-0.2, -0.15) is 0 Å². The van der Waals surface area contributed by atoms with Gasteiger partial charge in [-0.05, 0) is 54.3 Å². The summed E-state index contributed by atoms with van der Waals surface area (Å²) < 4.78 is 83.9. The smallest absolute Gasteiger partial charge is 1.00 e. The number of carbonyl (C=O) groups is 1. The molecule has 0 spiro atoms. The maximum atomic E-state index is 14.4. The molecule has 0 aliphatic carbocycles. The number of pyridine rings is 1. The number of sulfonamides is 1. The van der Waals surface area contributed by atoms with Gasteiger partial charge >= 0.3 is 41.9 Å². The minimum absolute atomic E-state index is 0. The molecule has 1 N–H and O–H groups in total. The summed E-state index contributed by atoms with van der Waals surface area (Å²) in [4.78, 5) is 15.2. The van der Waals surface area contributed by atoms with Gasteiger partial charge in [0, 0.05) is 17.1 Å². The number of halogens is 4. The van der Waals surface area contributed by atoms with Crippen LogP contribution in [0.5, 0.6) is 5.75 Å². The first-order chi connectivity index (χ1) is 17.4. The van der Waals surface area contributed by atoms with Crippen molar-refractivity contribution < 1.29 is 71.6 Å². The van der Waals surface area contributed by atoms with Gasteiger partial charge in [0.05, 0.1) is 17.0 Å². The molecule has 0 aliphatic heterocycles. The number of rotatable bonds is 7. The van der Waals surface area contributed by atoms with Crippen LogP contribution >= 0.6 is 0 Å². The molecule has 13 heteroatoms. The number of benzene rings is 3. The van der Waals surface area contributed by atoms with E-state index >= 15 is 0 Å². The summed E-state index contributed by atoms with van der Waals surface area (Å²) in [7, 11) is -4.39. The summed E-state index contributed by atoms with van der Waals surface area (Å²) in [5.41, 5.74) is 0.376. The minimum Gasteiger partial charge on any atom is -1.00 e. The van der Waals surface area contributed by atoms with Crippen LogP contribution in [0.4, 0.5) is 23.4 Å². The number of hydrogen-bond donors (Lipinski definition) is 1. The van der Waals surface area contributed by atoms with Gasteiger partial charge < -0.3 is 11.3 Å². The Morgan fingerprint density at radius 3 is 2.34 bits per heavy atom. The molecule has 0 fully saturated rings. The van der Waals surface area contributed by atoms with E-state index in [0.717, 1.165) is 52.2 Å². The van der Waals surface area contributed by atoms with Crippen molar-refractivity contribution in [3.63, 3.8) is 0 Å². The predicted molar refractivity (Wildman–Crippen MR) is 127 cm³/mol. The van der Waals surface area contributed by atoms with E-state index in [0.29, 0.717) is 10.9 Å². The molecule has 1 heterocycles. The molecule has 38 heavy (non-hydrogen) atoms. The van der Waals surface area contributed by atoms with Crippen LogP contribution in [0.25, 0.3) is 10.8 Å². The van der Waals surface area contributed by atoms with Crippen molar-refractivity contribution in [1.82, 2.24) is 4.98 Å². The van der Waals surface area contributed by atoms with Gasteiger partial charge in [0.15, 0.2) is 11.6 Å². The third kappa shape index (κ3) is 6.26. The summed E-state index contributed by atoms with van der Waals surface area (Å²) in [6, 6.07) is 14.2. The largest absolute Gasteiger partial charge is 1.00 e. The molecule has 4 rings (SSSR count). The quantitative estimate of drug-likeness (QED) is 0.277. The van der Waals surface area contributed by atoms with Crippen molar-refractivity contribution in [1.29, 1.82) is 0 Å². The third-order valence-electron chi connectivity index (χ3n) is 5.50. The average molecular weight is 558 g/mol. The van der Waals surface area contributed by atoms with Crippen LogP contribution in [0, 0.1) is 12.7 Å². The van der Waals surface area contributed by atoms with Crippen molar-refractivity contribution in [2.24, 2.45) is 0 Å². The van der Waals surface area contributed by atoms with E-state index in [4.69, 9.17) is 5.11 Å². The summed E-state index contributed by atoms with van der Waals surface area (Å²) in [6.07, 6.45) is -3.64. The Bertz CT molecular complexity index is 1600. The molecule has 3 aromatic carbocycles. The molecule has 4 aromatic rings. The molecule has 0 bridgehead atoms. The Morgan fingerprint density at radius 2 is 1.74 bits per heavy atom. The van der Waals surface area contributed by atoms with Crippen LogP contribution in [-0.4, -0.2) is 30.8 Å². The molecular weight excluding hydrogens is 539 g/mol. The van der Waals surface area contributed by atoms with Gasteiger partial charge in [-0.1, -0.05) is 30.3 Å². The fourth-order valence-corrected chi connectivity index (χ4v) is 5.20. The molecule has 0 saturated heterocycles. The Balaban J connectivity index is 0.00000267. The number of ether oxygens (including phenoxy) is 1. The Hall–Kier alpha value is -3.19. The first kappa shape index (κ1) is 29.4. The van der Waals surface area contributed by atoms with E-state index in [1.807, 2.05) is 0 Å². The summed E-state index contributed by atoms with van der Waals surface area (Å²) >= 11 is 0. The number of nitrogens with zero attached hydrogens (tertiary/aromatic N) is 2. The fourth-order valence-electron chi connectivity index (χ4n) is 3.74. The molecule has 0 saturated carbocycles. The number of carboxylic acids is 1. The zero-order chi connectivity index (χ0) is 27.0. The number of aromatic nitrogens is 1. The summed E-state index contributed by atoms with van der Waals surface area (Å²) in [5, 5.41) is 10.6. The minimum atomic E-state index is -5.11. The first-order valence-electron chi connectivity index (χ1n) is 10.6. The van der Waals surface area contributed by atoms with Crippen LogP contribution < -0.4 is 38.6 Å². The zero-order valence-corrected chi connectivity index (χ0v) is 22.8. The topological polar surface area (TPSA) is 96.8 Å². The van der Waals surface area contributed by atoms with E-state index in [9.17, 15) is 30.8 Å². The SMILES string of the molecule is Cc1c(N(Cc2ccc(OC(F)(F)F)c(F)c2)S(=O)(=O)c2ccc(C(=O)O)cc2)ncc2ccccc12.[H-].[Na+]. The van der Waals surface area contributed by atoms with Gasteiger partial charge in [-0.3, -0.25) is 0 Å². The van der Waals surface area contributed by atoms with Gasteiger partial charge in [-0.15, -0.1) is 13.2 Å². The van der Waals surface area contributed by atoms with Crippen LogP contribution in [0.2, 0.25) is 0 Å². The number of carboxylic acid groups (broad SMARTS) is 1. The van der Waals surface area contributed by atoms with Gasteiger partial charge in [-0.25, -0.2) is 26.9 Å². The summed E-state index contributed by atoms with van der Waals surface area (Å²) in [5.74, 6) is -3.63. The van der Waals surface area contributed by atoms with E-state index in [-0.39, 0.29) is 52.8 Å². The van der Waals surface area contributed by atoms with Crippen molar-refractivity contribution in [2.45, 2.75) is 24.7 Å². The molecule has 0 atom stereocenters. The monoisotopic (exact) mass is 558 g/mol. The maximum absolute atomic E-state index is 14.4. The molecule has 7 nitrogen and oxygen atoms in total. The van der Waals surface area contributed by atoms with Crippen LogP contribution in [-0.2, 0) is 16.6 Å². The van der Waals surface area contributed by atoms with Crippen LogP contribution in [0.15, 0.2) is 77.8 Å². The van der Waals surface area contributed by atoms with E-state index < -0.39 is 40.5 Å². The Labute approximate surface area is 238 Å². The Morgan fingerprint density at radius 1 is 1.08 bits per heavy atom. The molecule has 0 radical (unpaired) electrons. The van der Waals surface area contributed by atoms with Crippen molar-refractivity contribution in [3.8, 4) is 5.75 Å². The summed E-state index contributed by atoms with van der Waals surface area (Å²) in [6.45, 7) is 1.17. The van der Waals surface area contributed by atoms with E-state index in [1.54, 1.807) is 31.2 Å². The Kier molecular flexibility index (Phi) is 8.72. The molecule has 0 amide bonds. The second-order valence-electron chi connectivity index (χ2n) is 7.95. The van der Waals surface area contributed by atoms with Crippen molar-refractivity contribution >= 4 is 32.6 Å². The van der Waals surface area contributed by atoms with Crippen molar-refractivity contribution in [2.75, 3.05) is 4.31 Å². The normalized spacial score (nSPS) is 11.6. The third-order valence-corrected chi connectivity index (χ3v) is 7.25. The number of aromatic carboxylic acids is 1. The molecule has 0 unspecified atom stereocenters. The van der Waals surface area contributed by atoms with Crippen molar-refractivity contribution in [3.05, 3.63) is 95.4 Å². The fraction of sp³-hybridized carbons (Fsp3) is 0.120. The van der Waals surface area contributed by atoms with Gasteiger partial charge in [0.1, 0.15) is 5.82 Å². The van der Waals surface area contributed by atoms with E-state index in [2.05, 4.69) is 9.72 Å². The average Bonchev–Trinajstić information content (AvgIpc) is 2.84. The molecule has 0 aliphatic rings. The van der Waals surface area contributed by atoms with Crippen LogP contribution in [0.3, 0.4) is 0 Å². The standard InChI is InChI=1S/C25H18F4N2O5S.Na.H/c1-15-20-5-3-2-4-18(20)13-30-23(15)31(37(34,35)19-9-7-17(8-10-19)24(32)33)14-16-6-11-22(21(26)12-16)36-25(27,28)29;;/h2-13H,14H2,1H3,(H,32,33);;/q;+1;-1. The number of aryl methyl sites for hydroxylation is 1. The van der Waals surface area contributed by atoms with E-state index in [1.165, 1.54) is 6.20 Å². The van der Waals surface area contributed by atoms with Gasteiger partial charge in [0.25, 0.3) is 10.0 Å². The zero-order valence-electron chi connectivity index (χ0n) is 21.0. The maximum Gasteiger partial charge on any atom is 1.00 e. The van der Waals surface area contributed by atoms with Gasteiger partial charge in [0.2, 0.25) is 0 Å². The molecule has 194 valence electrons.